The first-order valence-corrected chi connectivity index (χ1v) is 16.5. The van der Waals surface area contributed by atoms with Crippen LogP contribution in [0, 0.1) is 6.92 Å². The second kappa shape index (κ2) is 14.4. The van der Waals surface area contributed by atoms with Gasteiger partial charge in [0.2, 0.25) is 0 Å². The van der Waals surface area contributed by atoms with Gasteiger partial charge in [0, 0.05) is 43.5 Å². The fraction of sp³-hybridized carbons (Fsp3) is 0.514. The van der Waals surface area contributed by atoms with Crippen molar-refractivity contribution in [2.75, 3.05) is 38.6 Å². The van der Waals surface area contributed by atoms with Crippen LogP contribution in [0.4, 0.5) is 10.5 Å². The van der Waals surface area contributed by atoms with E-state index in [2.05, 4.69) is 27.4 Å². The number of aromatic nitrogens is 2. The maximum Gasteiger partial charge on any atom is 0.407 e. The Morgan fingerprint density at radius 1 is 1.04 bits per heavy atom. The van der Waals surface area contributed by atoms with Crippen molar-refractivity contribution in [1.82, 2.24) is 25.1 Å². The van der Waals surface area contributed by atoms with Crippen LogP contribution in [0.1, 0.15) is 73.5 Å². The van der Waals surface area contributed by atoms with Crippen LogP contribution in [0.5, 0.6) is 5.75 Å². The summed E-state index contributed by atoms with van der Waals surface area (Å²) in [6.45, 7) is 4.89. The number of aryl methyl sites for hydroxylation is 1. The molecule has 3 fully saturated rings. The van der Waals surface area contributed by atoms with Gasteiger partial charge in [0.15, 0.2) is 5.69 Å². The molecule has 2 aliphatic carbocycles. The number of methoxy groups -OCH3 is 1. The molecule has 3 N–H and O–H groups in total. The standard InChI is InChI=1S/C35H46N6O4/c1-24-21-28(44-2)15-16-29(24)37-18-17-26-22-36-19-20-40(26)34(42)32-33(25-9-4-3-5-10-25)41(23-38-32)31-14-7-6-13-30(31)39-35(43)45-27-11-8-12-27/h3-5,9-10,15-16,21,23,26-27,30-31,36-37H,6-8,11-14,17-20,22H2,1-2H3,(H,39,43)/t26-,30+,31+/m1/s1. The number of imidazole rings is 1. The number of carbonyl (C=O) groups is 2. The lowest BCUT2D eigenvalue weighted by atomic mass is 9.89. The average Bonchev–Trinajstić information content (AvgIpc) is 3.49. The third-order valence-electron chi connectivity index (χ3n) is 9.60. The minimum Gasteiger partial charge on any atom is -0.497 e. The molecule has 0 spiro atoms. The SMILES string of the molecule is COc1ccc(NCC[C@@H]2CNCCN2C(=O)c2ncn([C@H]3CCCC[C@@H]3NC(=O)OC3CCC3)c2-c2ccccc2)c(C)c1. The van der Waals surface area contributed by atoms with Gasteiger partial charge in [0.1, 0.15) is 11.9 Å². The zero-order valence-corrected chi connectivity index (χ0v) is 26.5. The minimum atomic E-state index is -0.337. The highest BCUT2D eigenvalue weighted by Crippen LogP contribution is 2.35. The van der Waals surface area contributed by atoms with E-state index in [1.807, 2.05) is 59.8 Å². The molecule has 1 aliphatic heterocycles. The molecule has 0 radical (unpaired) electrons. The molecule has 2 aromatic carbocycles. The lowest BCUT2D eigenvalue weighted by Gasteiger charge is -2.37. The van der Waals surface area contributed by atoms with E-state index >= 15 is 0 Å². The van der Waals surface area contributed by atoms with Gasteiger partial charge in [0.05, 0.1) is 31.2 Å². The van der Waals surface area contributed by atoms with Gasteiger partial charge in [-0.25, -0.2) is 9.78 Å². The third kappa shape index (κ3) is 7.11. The molecule has 240 valence electrons. The zero-order valence-electron chi connectivity index (χ0n) is 26.5. The van der Waals surface area contributed by atoms with Gasteiger partial charge in [0.25, 0.3) is 5.91 Å². The Balaban J connectivity index is 1.22. The van der Waals surface area contributed by atoms with E-state index in [-0.39, 0.29) is 36.2 Å². The van der Waals surface area contributed by atoms with E-state index in [0.717, 1.165) is 99.3 Å². The summed E-state index contributed by atoms with van der Waals surface area (Å²) in [7, 11) is 1.67. The van der Waals surface area contributed by atoms with Crippen molar-refractivity contribution in [3.05, 3.63) is 66.1 Å². The number of piperazine rings is 1. The molecule has 10 nitrogen and oxygen atoms in total. The highest BCUT2D eigenvalue weighted by atomic mass is 16.6. The topological polar surface area (TPSA) is 110 Å². The van der Waals surface area contributed by atoms with Gasteiger partial charge >= 0.3 is 6.09 Å². The summed E-state index contributed by atoms with van der Waals surface area (Å²) in [6.07, 6.45) is 9.15. The predicted octanol–water partition coefficient (Wildman–Crippen LogP) is 5.55. The molecule has 1 saturated heterocycles. The van der Waals surface area contributed by atoms with Gasteiger partial charge in [-0.2, -0.15) is 0 Å². The van der Waals surface area contributed by atoms with Crippen molar-refractivity contribution < 1.29 is 19.1 Å². The number of carbonyl (C=O) groups excluding carboxylic acids is 2. The maximum atomic E-state index is 14.4. The highest BCUT2D eigenvalue weighted by Gasteiger charge is 2.35. The number of anilines is 1. The van der Waals surface area contributed by atoms with Crippen LogP contribution in [-0.2, 0) is 4.74 Å². The maximum absolute atomic E-state index is 14.4. The Bertz CT molecular complexity index is 1460. The molecule has 0 bridgehead atoms. The lowest BCUT2D eigenvalue weighted by Crippen LogP contribution is -2.54. The van der Waals surface area contributed by atoms with Crippen molar-refractivity contribution >= 4 is 17.7 Å². The number of alkyl carbamates (subject to hydrolysis) is 1. The molecular formula is C35H46N6O4. The number of hydrogen-bond donors (Lipinski definition) is 3. The lowest BCUT2D eigenvalue weighted by molar-refractivity contribution is 0.0474. The molecule has 2 amide bonds. The fourth-order valence-corrected chi connectivity index (χ4v) is 6.85. The van der Waals surface area contributed by atoms with E-state index in [4.69, 9.17) is 14.5 Å². The molecule has 45 heavy (non-hydrogen) atoms. The number of benzene rings is 2. The number of ether oxygens (including phenoxy) is 2. The van der Waals surface area contributed by atoms with E-state index in [0.29, 0.717) is 12.2 Å². The fourth-order valence-electron chi connectivity index (χ4n) is 6.85. The Morgan fingerprint density at radius 2 is 1.87 bits per heavy atom. The summed E-state index contributed by atoms with van der Waals surface area (Å²) in [5.74, 6) is 0.785. The molecule has 3 aromatic rings. The van der Waals surface area contributed by atoms with Crippen LogP contribution >= 0.6 is 0 Å². The normalized spacial score (nSPS) is 21.9. The van der Waals surface area contributed by atoms with Crippen molar-refractivity contribution in [3.8, 4) is 17.0 Å². The van der Waals surface area contributed by atoms with Crippen LogP contribution in [0.2, 0.25) is 0 Å². The Hall–Kier alpha value is -4.05. The van der Waals surface area contributed by atoms with Gasteiger partial charge in [-0.1, -0.05) is 43.2 Å². The smallest absolute Gasteiger partial charge is 0.407 e. The molecule has 3 atom stereocenters. The largest absolute Gasteiger partial charge is 0.497 e. The molecule has 6 rings (SSSR count). The first-order valence-electron chi connectivity index (χ1n) is 16.5. The molecule has 2 heterocycles. The summed E-state index contributed by atoms with van der Waals surface area (Å²) < 4.78 is 13.1. The number of rotatable bonds is 10. The molecule has 3 aliphatic rings. The molecule has 10 heteroatoms. The van der Waals surface area contributed by atoms with E-state index < -0.39 is 0 Å². The first kappa shape index (κ1) is 31.0. The van der Waals surface area contributed by atoms with Crippen molar-refractivity contribution in [3.63, 3.8) is 0 Å². The summed E-state index contributed by atoms with van der Waals surface area (Å²) >= 11 is 0. The molecular weight excluding hydrogens is 568 g/mol. The van der Waals surface area contributed by atoms with Crippen LogP contribution in [0.3, 0.4) is 0 Å². The molecule has 1 aromatic heterocycles. The van der Waals surface area contributed by atoms with E-state index in [1.54, 1.807) is 7.11 Å². The summed E-state index contributed by atoms with van der Waals surface area (Å²) in [5, 5.41) is 10.2. The third-order valence-corrected chi connectivity index (χ3v) is 9.60. The van der Waals surface area contributed by atoms with Crippen LogP contribution < -0.4 is 20.7 Å². The first-order chi connectivity index (χ1) is 22.0. The Morgan fingerprint density at radius 3 is 2.62 bits per heavy atom. The van der Waals surface area contributed by atoms with Gasteiger partial charge in [-0.15, -0.1) is 0 Å². The summed E-state index contributed by atoms with van der Waals surface area (Å²) in [5.41, 5.74) is 4.41. The molecule has 0 unspecified atom stereocenters. The van der Waals surface area contributed by atoms with Crippen molar-refractivity contribution in [2.24, 2.45) is 0 Å². The van der Waals surface area contributed by atoms with Crippen LogP contribution in [-0.4, -0.2) is 77.9 Å². The highest BCUT2D eigenvalue weighted by molar-refractivity contribution is 5.98. The van der Waals surface area contributed by atoms with Crippen LogP contribution in [0.25, 0.3) is 11.3 Å². The van der Waals surface area contributed by atoms with E-state index in [9.17, 15) is 9.59 Å². The van der Waals surface area contributed by atoms with E-state index in [1.165, 1.54) is 0 Å². The monoisotopic (exact) mass is 614 g/mol. The second-order valence-electron chi connectivity index (χ2n) is 12.5. The number of amides is 2. The van der Waals surface area contributed by atoms with Gasteiger partial charge in [-0.3, -0.25) is 4.79 Å². The van der Waals surface area contributed by atoms with Gasteiger partial charge in [-0.05, 0) is 69.2 Å². The average molecular weight is 615 g/mol. The van der Waals surface area contributed by atoms with Crippen molar-refractivity contribution in [2.45, 2.75) is 82.5 Å². The number of nitrogens with one attached hydrogen (secondary N) is 3. The minimum absolute atomic E-state index is 0.0206. The molecule has 2 saturated carbocycles. The number of hydrogen-bond acceptors (Lipinski definition) is 7. The summed E-state index contributed by atoms with van der Waals surface area (Å²) in [4.78, 5) is 34.0. The quantitative estimate of drug-likeness (QED) is 0.275. The predicted molar refractivity (Wildman–Crippen MR) is 175 cm³/mol. The van der Waals surface area contributed by atoms with Crippen molar-refractivity contribution in [1.29, 1.82) is 0 Å². The second-order valence-corrected chi connectivity index (χ2v) is 12.5. The van der Waals surface area contributed by atoms with Gasteiger partial charge < -0.3 is 34.9 Å². The number of nitrogens with zero attached hydrogens (tertiary/aromatic N) is 3. The van der Waals surface area contributed by atoms with Crippen LogP contribution in [0.15, 0.2) is 54.9 Å². The zero-order chi connectivity index (χ0) is 31.2. The Labute approximate surface area is 265 Å². The Kier molecular flexibility index (Phi) is 9.88. The summed E-state index contributed by atoms with van der Waals surface area (Å²) in [6, 6.07) is 16.0.